The molecule has 0 saturated heterocycles. The Morgan fingerprint density at radius 2 is 1.68 bits per heavy atom. The molecule has 0 heterocycles. The van der Waals surface area contributed by atoms with E-state index in [0.717, 1.165) is 5.56 Å². The molecule has 150 valence electrons. The number of hydrogen-bond acceptors (Lipinski definition) is 4. The summed E-state index contributed by atoms with van der Waals surface area (Å²) < 4.78 is 23.6. The summed E-state index contributed by atoms with van der Waals surface area (Å²) >= 11 is 0. The highest BCUT2D eigenvalue weighted by atomic mass is 19.1. The number of benzene rings is 2. The van der Waals surface area contributed by atoms with E-state index in [1.165, 1.54) is 36.2 Å². The van der Waals surface area contributed by atoms with Crippen LogP contribution in [0.4, 0.5) is 4.39 Å². The Hall–Kier alpha value is -3.09. The van der Waals surface area contributed by atoms with Gasteiger partial charge in [-0.05, 0) is 48.4 Å². The van der Waals surface area contributed by atoms with Gasteiger partial charge in [-0.3, -0.25) is 9.59 Å². The highest BCUT2D eigenvalue weighted by Crippen LogP contribution is 2.17. The zero-order chi connectivity index (χ0) is 20.5. The second-order valence-corrected chi connectivity index (χ2v) is 6.15. The standard InChI is InChI=1S/C21H25FN2O4/c1-4-19(21(26)23-2)24(13-15-5-9-17(27-3)10-6-15)20(25)14-28-18-11-7-16(22)8-12-18/h5-12,19H,4,13-14H2,1-3H3,(H,23,26). The van der Waals surface area contributed by atoms with E-state index >= 15 is 0 Å². The molecule has 2 aromatic rings. The van der Waals surface area contributed by atoms with Gasteiger partial charge in [0.15, 0.2) is 6.61 Å². The summed E-state index contributed by atoms with van der Waals surface area (Å²) in [5, 5.41) is 2.60. The van der Waals surface area contributed by atoms with Gasteiger partial charge in [0.2, 0.25) is 5.91 Å². The summed E-state index contributed by atoms with van der Waals surface area (Å²) in [4.78, 5) is 26.6. The van der Waals surface area contributed by atoms with Crippen molar-refractivity contribution in [2.45, 2.75) is 25.9 Å². The number of carbonyl (C=O) groups is 2. The smallest absolute Gasteiger partial charge is 0.261 e. The van der Waals surface area contributed by atoms with Gasteiger partial charge in [-0.25, -0.2) is 4.39 Å². The summed E-state index contributed by atoms with van der Waals surface area (Å²) in [7, 11) is 3.12. The summed E-state index contributed by atoms with van der Waals surface area (Å²) in [5.41, 5.74) is 0.860. The predicted octanol–water partition coefficient (Wildman–Crippen LogP) is 2.77. The van der Waals surface area contributed by atoms with Crippen LogP contribution < -0.4 is 14.8 Å². The van der Waals surface area contributed by atoms with Gasteiger partial charge in [-0.15, -0.1) is 0 Å². The molecule has 0 aliphatic carbocycles. The van der Waals surface area contributed by atoms with Crippen LogP contribution in [0.25, 0.3) is 0 Å². The number of carbonyl (C=O) groups excluding carboxylic acids is 2. The third-order valence-corrected chi connectivity index (χ3v) is 4.32. The molecule has 2 aromatic carbocycles. The zero-order valence-electron chi connectivity index (χ0n) is 16.3. The van der Waals surface area contributed by atoms with Crippen molar-refractivity contribution in [2.75, 3.05) is 20.8 Å². The lowest BCUT2D eigenvalue weighted by Crippen LogP contribution is -2.49. The molecule has 0 radical (unpaired) electrons. The van der Waals surface area contributed by atoms with E-state index in [-0.39, 0.29) is 30.8 Å². The van der Waals surface area contributed by atoms with Crippen LogP contribution in [0.1, 0.15) is 18.9 Å². The van der Waals surface area contributed by atoms with Crippen LogP contribution in [0.5, 0.6) is 11.5 Å². The van der Waals surface area contributed by atoms with Crippen LogP contribution in [0.15, 0.2) is 48.5 Å². The molecule has 0 saturated carbocycles. The molecule has 0 aromatic heterocycles. The molecule has 2 rings (SSSR count). The fourth-order valence-electron chi connectivity index (χ4n) is 2.77. The molecule has 2 amide bonds. The van der Waals surface area contributed by atoms with Crippen LogP contribution in [-0.2, 0) is 16.1 Å². The lowest BCUT2D eigenvalue weighted by molar-refractivity contribution is -0.142. The van der Waals surface area contributed by atoms with E-state index in [4.69, 9.17) is 9.47 Å². The summed E-state index contributed by atoms with van der Waals surface area (Å²) in [6.45, 7) is 1.84. The largest absolute Gasteiger partial charge is 0.497 e. The molecular formula is C21H25FN2O4. The molecular weight excluding hydrogens is 363 g/mol. The van der Waals surface area contributed by atoms with Crippen molar-refractivity contribution in [1.29, 1.82) is 0 Å². The average molecular weight is 388 g/mol. The van der Waals surface area contributed by atoms with E-state index in [0.29, 0.717) is 17.9 Å². The quantitative estimate of drug-likeness (QED) is 0.717. The number of likely N-dealkylation sites (N-methyl/N-ethyl adjacent to an activating group) is 1. The van der Waals surface area contributed by atoms with Crippen LogP contribution in [-0.4, -0.2) is 43.5 Å². The van der Waals surface area contributed by atoms with Crippen molar-refractivity contribution in [3.8, 4) is 11.5 Å². The second kappa shape index (κ2) is 10.3. The van der Waals surface area contributed by atoms with Crippen LogP contribution in [0.2, 0.25) is 0 Å². The Kier molecular flexibility index (Phi) is 7.80. The minimum absolute atomic E-state index is 0.244. The molecule has 0 fully saturated rings. The van der Waals surface area contributed by atoms with Gasteiger partial charge in [0.05, 0.1) is 7.11 Å². The van der Waals surface area contributed by atoms with Crippen LogP contribution >= 0.6 is 0 Å². The summed E-state index contributed by atoms with van der Waals surface area (Å²) in [6, 6.07) is 12.1. The van der Waals surface area contributed by atoms with Gasteiger partial charge in [0.1, 0.15) is 23.4 Å². The van der Waals surface area contributed by atoms with Gasteiger partial charge in [0, 0.05) is 13.6 Å². The molecule has 1 N–H and O–H groups in total. The average Bonchev–Trinajstić information content (AvgIpc) is 2.73. The maximum Gasteiger partial charge on any atom is 0.261 e. The van der Waals surface area contributed by atoms with Crippen LogP contribution in [0.3, 0.4) is 0 Å². The number of amides is 2. The third kappa shape index (κ3) is 5.70. The van der Waals surface area contributed by atoms with Gasteiger partial charge < -0.3 is 19.7 Å². The van der Waals surface area contributed by atoms with Crippen molar-refractivity contribution >= 4 is 11.8 Å². The molecule has 0 aliphatic rings. The third-order valence-electron chi connectivity index (χ3n) is 4.32. The number of ether oxygens (including phenoxy) is 2. The van der Waals surface area contributed by atoms with Gasteiger partial charge in [-0.1, -0.05) is 19.1 Å². The first kappa shape index (κ1) is 21.2. The Bertz CT molecular complexity index is 778. The van der Waals surface area contributed by atoms with Crippen molar-refractivity contribution < 1.29 is 23.5 Å². The predicted molar refractivity (Wildman–Crippen MR) is 104 cm³/mol. The molecule has 28 heavy (non-hydrogen) atoms. The van der Waals surface area contributed by atoms with Crippen molar-refractivity contribution in [3.63, 3.8) is 0 Å². The van der Waals surface area contributed by atoms with Crippen molar-refractivity contribution in [2.24, 2.45) is 0 Å². The van der Waals surface area contributed by atoms with Gasteiger partial charge in [-0.2, -0.15) is 0 Å². The fraction of sp³-hybridized carbons (Fsp3) is 0.333. The Morgan fingerprint density at radius 1 is 1.07 bits per heavy atom. The van der Waals surface area contributed by atoms with Crippen molar-refractivity contribution in [1.82, 2.24) is 10.2 Å². The number of methoxy groups -OCH3 is 1. The maximum absolute atomic E-state index is 13.0. The topological polar surface area (TPSA) is 67.9 Å². The van der Waals surface area contributed by atoms with E-state index in [2.05, 4.69) is 5.32 Å². The zero-order valence-corrected chi connectivity index (χ0v) is 16.3. The lowest BCUT2D eigenvalue weighted by atomic mass is 10.1. The Balaban J connectivity index is 2.16. The molecule has 0 aliphatic heterocycles. The number of hydrogen-bond donors (Lipinski definition) is 1. The Labute approximate surface area is 164 Å². The number of nitrogens with zero attached hydrogens (tertiary/aromatic N) is 1. The highest BCUT2D eigenvalue weighted by Gasteiger charge is 2.28. The monoisotopic (exact) mass is 388 g/mol. The number of rotatable bonds is 9. The van der Waals surface area contributed by atoms with Crippen molar-refractivity contribution in [3.05, 3.63) is 59.9 Å². The minimum atomic E-state index is -0.628. The number of nitrogens with one attached hydrogen (secondary N) is 1. The molecule has 6 nitrogen and oxygen atoms in total. The fourth-order valence-corrected chi connectivity index (χ4v) is 2.77. The first-order valence-electron chi connectivity index (χ1n) is 9.00. The first-order valence-corrected chi connectivity index (χ1v) is 9.00. The molecule has 1 unspecified atom stereocenters. The maximum atomic E-state index is 13.0. The van der Waals surface area contributed by atoms with E-state index in [1.807, 2.05) is 19.1 Å². The molecule has 0 spiro atoms. The summed E-state index contributed by atoms with van der Waals surface area (Å²) in [6.07, 6.45) is 0.456. The van der Waals surface area contributed by atoms with E-state index < -0.39 is 6.04 Å². The lowest BCUT2D eigenvalue weighted by Gasteiger charge is -2.30. The number of halogens is 1. The van der Waals surface area contributed by atoms with Gasteiger partial charge in [0.25, 0.3) is 5.91 Å². The van der Waals surface area contributed by atoms with E-state index in [9.17, 15) is 14.0 Å². The molecule has 1 atom stereocenters. The first-order chi connectivity index (χ1) is 13.5. The SMILES string of the molecule is CCC(C(=O)NC)N(Cc1ccc(OC)cc1)C(=O)COc1ccc(F)cc1. The Morgan fingerprint density at radius 3 is 2.21 bits per heavy atom. The molecule has 0 bridgehead atoms. The van der Waals surface area contributed by atoms with Gasteiger partial charge >= 0.3 is 0 Å². The molecule has 7 heteroatoms. The second-order valence-electron chi connectivity index (χ2n) is 6.15. The minimum Gasteiger partial charge on any atom is -0.497 e. The van der Waals surface area contributed by atoms with E-state index in [1.54, 1.807) is 19.2 Å². The van der Waals surface area contributed by atoms with Crippen LogP contribution in [0, 0.1) is 5.82 Å². The summed E-state index contributed by atoms with van der Waals surface area (Å²) in [5.74, 6) is 0.124. The normalized spacial score (nSPS) is 11.4. The highest BCUT2D eigenvalue weighted by molar-refractivity contribution is 5.88.